The first-order valence-electron chi connectivity index (χ1n) is 7.05. The maximum atomic E-state index is 12.0. The monoisotopic (exact) mass is 309 g/mol. The molecule has 0 radical (unpaired) electrons. The Morgan fingerprint density at radius 3 is 2.61 bits per heavy atom. The molecule has 0 aliphatic carbocycles. The zero-order valence-electron chi connectivity index (χ0n) is 12.8. The van der Waals surface area contributed by atoms with Gasteiger partial charge in [0.2, 0.25) is 0 Å². The minimum Gasteiger partial charge on any atom is -0.465 e. The summed E-state index contributed by atoms with van der Waals surface area (Å²) in [6, 6.07) is 14.5. The van der Waals surface area contributed by atoms with Gasteiger partial charge in [0.15, 0.2) is 0 Å². The van der Waals surface area contributed by atoms with Gasteiger partial charge in [-0.2, -0.15) is 0 Å². The van der Waals surface area contributed by atoms with E-state index in [1.165, 1.54) is 12.0 Å². The molecule has 0 fully saturated rings. The molecule has 2 aromatic carbocycles. The molecule has 3 rings (SSSR count). The first kappa shape index (κ1) is 14.8. The van der Waals surface area contributed by atoms with E-state index in [2.05, 4.69) is 0 Å². The molecule has 5 heteroatoms. The quantitative estimate of drug-likeness (QED) is 0.796. The number of amides is 1. The van der Waals surface area contributed by atoms with Crippen LogP contribution in [0.4, 0.5) is 10.5 Å². The summed E-state index contributed by atoms with van der Waals surface area (Å²) in [7, 11) is 2.95. The summed E-state index contributed by atoms with van der Waals surface area (Å²) in [5, 5.41) is 0. The summed E-state index contributed by atoms with van der Waals surface area (Å²) < 4.78 is 10.1. The molecule has 23 heavy (non-hydrogen) atoms. The van der Waals surface area contributed by atoms with Gasteiger partial charge in [0, 0.05) is 12.6 Å². The van der Waals surface area contributed by atoms with Gasteiger partial charge in [0.1, 0.15) is 5.76 Å². The molecule has 0 N–H and O–H groups in total. The van der Waals surface area contributed by atoms with Crippen molar-refractivity contribution < 1.29 is 19.1 Å². The number of nitrogens with zero attached hydrogens (tertiary/aromatic N) is 1. The first-order valence-corrected chi connectivity index (χ1v) is 7.05. The highest BCUT2D eigenvalue weighted by Crippen LogP contribution is 2.35. The van der Waals surface area contributed by atoms with E-state index in [1.807, 2.05) is 30.3 Å². The molecular formula is C18H15NO4. The largest absolute Gasteiger partial charge is 0.465 e. The summed E-state index contributed by atoms with van der Waals surface area (Å²) >= 11 is 0. The molecule has 0 unspecified atom stereocenters. The number of hydrogen-bond acceptors (Lipinski definition) is 4. The highest BCUT2D eigenvalue weighted by atomic mass is 16.6. The number of cyclic esters (lactones) is 1. The van der Waals surface area contributed by atoms with Crippen LogP contribution in [0.25, 0.3) is 11.8 Å². The maximum Gasteiger partial charge on any atom is 0.419 e. The van der Waals surface area contributed by atoms with Gasteiger partial charge in [0.25, 0.3) is 0 Å². The number of fused-ring (bicyclic) bond motifs is 1. The van der Waals surface area contributed by atoms with E-state index in [0.717, 1.165) is 5.56 Å². The molecule has 0 bridgehead atoms. The molecule has 1 aliphatic heterocycles. The van der Waals surface area contributed by atoms with Crippen LogP contribution in [0.2, 0.25) is 0 Å². The van der Waals surface area contributed by atoms with Crippen LogP contribution in [0.3, 0.4) is 0 Å². The molecular weight excluding hydrogens is 294 g/mol. The summed E-state index contributed by atoms with van der Waals surface area (Å²) in [6.45, 7) is 0. The summed E-state index contributed by atoms with van der Waals surface area (Å²) in [6.07, 6.45) is 1.30. The van der Waals surface area contributed by atoms with E-state index in [4.69, 9.17) is 9.47 Å². The van der Waals surface area contributed by atoms with Crippen molar-refractivity contribution in [3.05, 3.63) is 65.2 Å². The first-order chi connectivity index (χ1) is 11.1. The predicted octanol–water partition coefficient (Wildman–Crippen LogP) is 3.56. The van der Waals surface area contributed by atoms with E-state index in [1.54, 1.807) is 31.3 Å². The SMILES string of the molecule is COC(=O)c1ccc2c(c1)/C(=C/c1ccccc1)OC(=O)N2C. The molecule has 1 aliphatic rings. The second kappa shape index (κ2) is 5.96. The summed E-state index contributed by atoms with van der Waals surface area (Å²) in [4.78, 5) is 25.2. The lowest BCUT2D eigenvalue weighted by Crippen LogP contribution is -2.31. The topological polar surface area (TPSA) is 55.8 Å². The van der Waals surface area contributed by atoms with E-state index in [0.29, 0.717) is 22.6 Å². The van der Waals surface area contributed by atoms with Gasteiger partial charge in [-0.05, 0) is 29.8 Å². The molecule has 0 spiro atoms. The van der Waals surface area contributed by atoms with Gasteiger partial charge in [-0.25, -0.2) is 9.59 Å². The number of benzene rings is 2. The van der Waals surface area contributed by atoms with Crippen molar-refractivity contribution in [3.8, 4) is 0 Å². The van der Waals surface area contributed by atoms with E-state index >= 15 is 0 Å². The van der Waals surface area contributed by atoms with Gasteiger partial charge in [-0.3, -0.25) is 4.90 Å². The van der Waals surface area contributed by atoms with Crippen LogP contribution in [-0.4, -0.2) is 26.2 Å². The Morgan fingerprint density at radius 2 is 1.91 bits per heavy atom. The third kappa shape index (κ3) is 2.81. The van der Waals surface area contributed by atoms with Gasteiger partial charge in [-0.1, -0.05) is 30.3 Å². The Morgan fingerprint density at radius 1 is 1.17 bits per heavy atom. The van der Waals surface area contributed by atoms with Gasteiger partial charge >= 0.3 is 12.1 Å². The van der Waals surface area contributed by atoms with Crippen LogP contribution in [0, 0.1) is 0 Å². The zero-order valence-corrected chi connectivity index (χ0v) is 12.8. The molecule has 116 valence electrons. The number of ether oxygens (including phenoxy) is 2. The maximum absolute atomic E-state index is 12.0. The third-order valence-corrected chi connectivity index (χ3v) is 3.61. The minimum absolute atomic E-state index is 0.400. The molecule has 5 nitrogen and oxygen atoms in total. The van der Waals surface area contributed by atoms with Crippen molar-refractivity contribution in [2.45, 2.75) is 0 Å². The van der Waals surface area contributed by atoms with Crippen LogP contribution >= 0.6 is 0 Å². The number of rotatable bonds is 2. The second-order valence-corrected chi connectivity index (χ2v) is 5.07. The fourth-order valence-electron chi connectivity index (χ4n) is 2.39. The zero-order chi connectivity index (χ0) is 16.4. The number of carbonyl (C=O) groups is 2. The normalized spacial score (nSPS) is 15.1. The van der Waals surface area contributed by atoms with Crippen LogP contribution in [0.1, 0.15) is 21.5 Å². The number of anilines is 1. The minimum atomic E-state index is -0.467. The Hall–Kier alpha value is -3.08. The van der Waals surface area contributed by atoms with Crippen molar-refractivity contribution in [2.24, 2.45) is 0 Å². The highest BCUT2D eigenvalue weighted by molar-refractivity contribution is 6.03. The molecule has 1 heterocycles. The molecule has 0 atom stereocenters. The fraction of sp³-hybridized carbons (Fsp3) is 0.111. The van der Waals surface area contributed by atoms with Crippen LogP contribution < -0.4 is 4.90 Å². The summed E-state index contributed by atoms with van der Waals surface area (Å²) in [5.74, 6) is -0.0357. The van der Waals surface area contributed by atoms with Gasteiger partial charge < -0.3 is 9.47 Å². The Balaban J connectivity index is 2.13. The number of esters is 1. The van der Waals surface area contributed by atoms with Crippen LogP contribution in [-0.2, 0) is 9.47 Å². The van der Waals surface area contributed by atoms with E-state index in [9.17, 15) is 9.59 Å². The van der Waals surface area contributed by atoms with E-state index < -0.39 is 12.1 Å². The predicted molar refractivity (Wildman–Crippen MR) is 87.0 cm³/mol. The summed E-state index contributed by atoms with van der Waals surface area (Å²) in [5.41, 5.74) is 2.64. The Kier molecular flexibility index (Phi) is 3.85. The Bertz CT molecular complexity index is 796. The van der Waals surface area contributed by atoms with Crippen molar-refractivity contribution >= 4 is 29.6 Å². The number of carbonyl (C=O) groups excluding carboxylic acids is 2. The average Bonchev–Trinajstić information content (AvgIpc) is 2.59. The number of hydrogen-bond donors (Lipinski definition) is 0. The van der Waals surface area contributed by atoms with Crippen molar-refractivity contribution in [3.63, 3.8) is 0 Å². The third-order valence-electron chi connectivity index (χ3n) is 3.61. The fourth-order valence-corrected chi connectivity index (χ4v) is 2.39. The van der Waals surface area contributed by atoms with Crippen molar-refractivity contribution in [1.82, 2.24) is 0 Å². The lowest BCUT2D eigenvalue weighted by atomic mass is 10.0. The number of methoxy groups -OCH3 is 1. The van der Waals surface area contributed by atoms with Crippen LogP contribution in [0.5, 0.6) is 0 Å². The van der Waals surface area contributed by atoms with E-state index in [-0.39, 0.29) is 0 Å². The molecule has 1 amide bonds. The average molecular weight is 309 g/mol. The standard InChI is InChI=1S/C18H15NO4/c1-19-15-9-8-13(17(20)22-2)11-14(15)16(23-18(19)21)10-12-6-4-3-5-7-12/h3-11H,1-2H3/b16-10-. The smallest absolute Gasteiger partial charge is 0.419 e. The second-order valence-electron chi connectivity index (χ2n) is 5.07. The van der Waals surface area contributed by atoms with Gasteiger partial charge in [0.05, 0.1) is 18.4 Å². The van der Waals surface area contributed by atoms with Crippen LogP contribution in [0.15, 0.2) is 48.5 Å². The molecule has 2 aromatic rings. The molecule has 0 saturated heterocycles. The lowest BCUT2D eigenvalue weighted by molar-refractivity contribution is 0.0600. The molecule has 0 saturated carbocycles. The lowest BCUT2D eigenvalue weighted by Gasteiger charge is -2.27. The highest BCUT2D eigenvalue weighted by Gasteiger charge is 2.27. The Labute approximate surface area is 133 Å². The van der Waals surface area contributed by atoms with Gasteiger partial charge in [-0.15, -0.1) is 0 Å². The van der Waals surface area contributed by atoms with Crippen molar-refractivity contribution in [1.29, 1.82) is 0 Å². The van der Waals surface area contributed by atoms with Crippen molar-refractivity contribution in [2.75, 3.05) is 19.1 Å². The molecule has 0 aromatic heterocycles.